The molecular formula is C17H32N2O2. The van der Waals surface area contributed by atoms with Crippen LogP contribution < -0.4 is 0 Å². The number of hydrogen-bond acceptors (Lipinski definition) is 2. The van der Waals surface area contributed by atoms with Gasteiger partial charge in [-0.3, -0.25) is 9.59 Å². The lowest BCUT2D eigenvalue weighted by Crippen LogP contribution is -2.40. The smallest absolute Gasteiger partial charge is 0.225 e. The molecule has 21 heavy (non-hydrogen) atoms. The van der Waals surface area contributed by atoms with Crippen molar-refractivity contribution in [1.29, 1.82) is 0 Å². The fourth-order valence-electron chi connectivity index (χ4n) is 3.20. The number of carbonyl (C=O) groups is 2. The summed E-state index contributed by atoms with van der Waals surface area (Å²) >= 11 is 0. The molecule has 0 heterocycles. The van der Waals surface area contributed by atoms with Crippen LogP contribution in [0.4, 0.5) is 0 Å². The lowest BCUT2D eigenvalue weighted by atomic mass is 9.80. The average molecular weight is 296 g/mol. The van der Waals surface area contributed by atoms with Crippen LogP contribution in [0.2, 0.25) is 0 Å². The lowest BCUT2D eigenvalue weighted by molar-refractivity contribution is -0.140. The number of hydrogen-bond donors (Lipinski definition) is 0. The molecule has 0 radical (unpaired) electrons. The third-order valence-corrected chi connectivity index (χ3v) is 4.72. The van der Waals surface area contributed by atoms with Gasteiger partial charge in [-0.2, -0.15) is 0 Å². The maximum absolute atomic E-state index is 12.4. The molecule has 0 bridgehead atoms. The van der Waals surface area contributed by atoms with Crippen molar-refractivity contribution >= 4 is 11.8 Å². The Morgan fingerprint density at radius 3 is 1.81 bits per heavy atom. The molecule has 122 valence electrons. The predicted octanol–water partition coefficient (Wildman–Crippen LogP) is 2.92. The second-order valence-corrected chi connectivity index (χ2v) is 6.17. The Labute approximate surface area is 129 Å². The Hall–Kier alpha value is -1.06. The number of carbonyl (C=O) groups excluding carboxylic acids is 2. The van der Waals surface area contributed by atoms with Crippen LogP contribution in [0.25, 0.3) is 0 Å². The molecule has 4 heteroatoms. The van der Waals surface area contributed by atoms with Gasteiger partial charge in [0.25, 0.3) is 0 Å². The number of amides is 2. The zero-order valence-electron chi connectivity index (χ0n) is 14.2. The largest absolute Gasteiger partial charge is 0.346 e. The van der Waals surface area contributed by atoms with Crippen molar-refractivity contribution in [2.75, 3.05) is 26.7 Å². The van der Waals surface area contributed by atoms with Crippen molar-refractivity contribution in [3.8, 4) is 0 Å². The minimum atomic E-state index is 0.132. The van der Waals surface area contributed by atoms with Crippen molar-refractivity contribution in [2.24, 2.45) is 11.8 Å². The molecule has 0 N–H and O–H groups in total. The number of unbranched alkanes of at least 4 members (excludes halogenated alkanes) is 1. The molecule has 0 unspecified atom stereocenters. The molecule has 0 aromatic carbocycles. The zero-order valence-corrected chi connectivity index (χ0v) is 14.2. The van der Waals surface area contributed by atoms with Crippen LogP contribution in [0.3, 0.4) is 0 Å². The summed E-state index contributed by atoms with van der Waals surface area (Å²) in [5, 5.41) is 0. The molecule has 1 saturated carbocycles. The second kappa shape index (κ2) is 9.06. The topological polar surface area (TPSA) is 40.6 Å². The van der Waals surface area contributed by atoms with Gasteiger partial charge in [-0.1, -0.05) is 13.3 Å². The van der Waals surface area contributed by atoms with E-state index in [2.05, 4.69) is 6.92 Å². The SMILES string of the molecule is CCCCN(C)C(=O)C1CCC(C(=O)N(CC)CC)CC1. The number of rotatable bonds is 7. The highest BCUT2D eigenvalue weighted by molar-refractivity contribution is 5.81. The van der Waals surface area contributed by atoms with E-state index in [0.717, 1.165) is 58.2 Å². The third-order valence-electron chi connectivity index (χ3n) is 4.72. The Morgan fingerprint density at radius 2 is 1.38 bits per heavy atom. The molecule has 1 aliphatic carbocycles. The van der Waals surface area contributed by atoms with Crippen LogP contribution in [0.15, 0.2) is 0 Å². The molecule has 1 fully saturated rings. The Kier molecular flexibility index (Phi) is 7.76. The first-order valence-corrected chi connectivity index (χ1v) is 8.58. The van der Waals surface area contributed by atoms with Crippen LogP contribution in [0.1, 0.15) is 59.3 Å². The first kappa shape index (κ1) is 18.0. The maximum atomic E-state index is 12.4. The minimum Gasteiger partial charge on any atom is -0.346 e. The van der Waals surface area contributed by atoms with Crippen molar-refractivity contribution in [3.63, 3.8) is 0 Å². The summed E-state index contributed by atoms with van der Waals surface area (Å²) in [5.74, 6) is 0.824. The first-order chi connectivity index (χ1) is 10.0. The fraction of sp³-hybridized carbons (Fsp3) is 0.882. The lowest BCUT2D eigenvalue weighted by Gasteiger charge is -2.32. The summed E-state index contributed by atoms with van der Waals surface area (Å²) in [6.45, 7) is 8.62. The molecule has 1 aliphatic rings. The van der Waals surface area contributed by atoms with E-state index in [1.807, 2.05) is 30.7 Å². The number of nitrogens with zero attached hydrogens (tertiary/aromatic N) is 2. The minimum absolute atomic E-state index is 0.132. The summed E-state index contributed by atoms with van der Waals surface area (Å²) < 4.78 is 0. The highest BCUT2D eigenvalue weighted by Gasteiger charge is 2.32. The summed E-state index contributed by atoms with van der Waals surface area (Å²) in [6, 6.07) is 0. The van der Waals surface area contributed by atoms with Gasteiger partial charge >= 0.3 is 0 Å². The van der Waals surface area contributed by atoms with Gasteiger partial charge in [0.05, 0.1) is 0 Å². The highest BCUT2D eigenvalue weighted by Crippen LogP contribution is 2.31. The maximum Gasteiger partial charge on any atom is 0.225 e. The van der Waals surface area contributed by atoms with Gasteiger partial charge in [0, 0.05) is 38.5 Å². The van der Waals surface area contributed by atoms with Gasteiger partial charge in [-0.15, -0.1) is 0 Å². The monoisotopic (exact) mass is 296 g/mol. The van der Waals surface area contributed by atoms with Crippen LogP contribution >= 0.6 is 0 Å². The molecule has 0 atom stereocenters. The highest BCUT2D eigenvalue weighted by atomic mass is 16.2. The van der Waals surface area contributed by atoms with Crippen LogP contribution in [-0.4, -0.2) is 48.3 Å². The summed E-state index contributed by atoms with van der Waals surface area (Å²) in [6.07, 6.45) is 5.65. The average Bonchev–Trinajstić information content (AvgIpc) is 2.53. The summed E-state index contributed by atoms with van der Waals surface area (Å²) in [7, 11) is 1.91. The fourth-order valence-corrected chi connectivity index (χ4v) is 3.20. The van der Waals surface area contributed by atoms with E-state index in [4.69, 9.17) is 0 Å². The quantitative estimate of drug-likeness (QED) is 0.725. The molecule has 0 saturated heterocycles. The van der Waals surface area contributed by atoms with Crippen molar-refractivity contribution in [2.45, 2.75) is 59.3 Å². The van der Waals surface area contributed by atoms with Gasteiger partial charge < -0.3 is 9.80 Å². The first-order valence-electron chi connectivity index (χ1n) is 8.58. The summed E-state index contributed by atoms with van der Waals surface area (Å²) in [5.41, 5.74) is 0. The van der Waals surface area contributed by atoms with Gasteiger partial charge in [0.2, 0.25) is 11.8 Å². The molecule has 0 aromatic heterocycles. The predicted molar refractivity (Wildman–Crippen MR) is 85.9 cm³/mol. The van der Waals surface area contributed by atoms with E-state index in [9.17, 15) is 9.59 Å². The van der Waals surface area contributed by atoms with Gasteiger partial charge in [0.1, 0.15) is 0 Å². The van der Waals surface area contributed by atoms with Crippen LogP contribution in [0, 0.1) is 11.8 Å². The van der Waals surface area contributed by atoms with E-state index < -0.39 is 0 Å². The molecule has 0 aromatic rings. The van der Waals surface area contributed by atoms with E-state index in [1.54, 1.807) is 0 Å². The van der Waals surface area contributed by atoms with Gasteiger partial charge in [0.15, 0.2) is 0 Å². The van der Waals surface area contributed by atoms with Crippen LogP contribution in [-0.2, 0) is 9.59 Å². The molecule has 0 spiro atoms. The van der Waals surface area contributed by atoms with E-state index in [1.165, 1.54) is 0 Å². The normalized spacial score (nSPS) is 21.9. The van der Waals surface area contributed by atoms with Crippen molar-refractivity contribution in [3.05, 3.63) is 0 Å². The zero-order chi connectivity index (χ0) is 15.8. The Balaban J connectivity index is 2.44. The Morgan fingerprint density at radius 1 is 0.905 bits per heavy atom. The van der Waals surface area contributed by atoms with Crippen molar-refractivity contribution in [1.82, 2.24) is 9.80 Å². The van der Waals surface area contributed by atoms with Crippen LogP contribution in [0.5, 0.6) is 0 Å². The van der Waals surface area contributed by atoms with Crippen molar-refractivity contribution < 1.29 is 9.59 Å². The molecular weight excluding hydrogens is 264 g/mol. The summed E-state index contributed by atoms with van der Waals surface area (Å²) in [4.78, 5) is 28.5. The third kappa shape index (κ3) is 5.01. The molecule has 2 amide bonds. The van der Waals surface area contributed by atoms with E-state index in [-0.39, 0.29) is 23.7 Å². The standard InChI is InChI=1S/C17H32N2O2/c1-5-8-13-18(4)16(20)14-9-11-15(12-10-14)17(21)19(6-2)7-3/h14-15H,5-13H2,1-4H3. The molecule has 0 aliphatic heterocycles. The van der Waals surface area contributed by atoms with E-state index >= 15 is 0 Å². The molecule has 1 rings (SSSR count). The van der Waals surface area contributed by atoms with Gasteiger partial charge in [-0.05, 0) is 46.0 Å². The second-order valence-electron chi connectivity index (χ2n) is 6.17. The molecule has 4 nitrogen and oxygen atoms in total. The van der Waals surface area contributed by atoms with E-state index in [0.29, 0.717) is 0 Å². The van der Waals surface area contributed by atoms with Gasteiger partial charge in [-0.25, -0.2) is 0 Å². The Bertz CT molecular complexity index is 332.